The van der Waals surface area contributed by atoms with Crippen LogP contribution in [0.25, 0.3) is 0 Å². The van der Waals surface area contributed by atoms with E-state index in [9.17, 15) is 0 Å². The van der Waals surface area contributed by atoms with Gasteiger partial charge in [0, 0.05) is 12.1 Å². The molecular formula is C18H29NO2. The number of hydrogen-bond acceptors (Lipinski definition) is 3. The van der Waals surface area contributed by atoms with Crippen LogP contribution in [0, 0.1) is 5.92 Å². The van der Waals surface area contributed by atoms with Gasteiger partial charge in [0.1, 0.15) is 0 Å². The molecule has 3 nitrogen and oxygen atoms in total. The highest BCUT2D eigenvalue weighted by Gasteiger charge is 2.21. The van der Waals surface area contributed by atoms with Crippen LogP contribution < -0.4 is 14.8 Å². The number of nitrogens with one attached hydrogen (secondary N) is 1. The summed E-state index contributed by atoms with van der Waals surface area (Å²) in [5.74, 6) is 2.41. The average Bonchev–Trinajstić information content (AvgIpc) is 2.54. The molecule has 1 aliphatic carbocycles. The quantitative estimate of drug-likeness (QED) is 0.846. The highest BCUT2D eigenvalue weighted by molar-refractivity contribution is 5.43. The highest BCUT2D eigenvalue weighted by atomic mass is 16.5. The van der Waals surface area contributed by atoms with Crippen LogP contribution in [0.4, 0.5) is 0 Å². The zero-order chi connectivity index (χ0) is 15.2. The van der Waals surface area contributed by atoms with Crippen molar-refractivity contribution in [2.45, 2.75) is 58.0 Å². The standard InChI is InChI=1S/C18H29NO2/c1-13(15-8-6-5-7-9-15)19-14(2)16-10-11-17(20-3)18(12-16)21-4/h10-15,19H,5-9H2,1-4H3/t13-,14?/m0/s1. The molecule has 1 aliphatic rings. The summed E-state index contributed by atoms with van der Waals surface area (Å²) < 4.78 is 10.7. The van der Waals surface area contributed by atoms with Gasteiger partial charge in [-0.15, -0.1) is 0 Å². The minimum Gasteiger partial charge on any atom is -0.493 e. The molecule has 0 heterocycles. The molecule has 0 amide bonds. The minimum absolute atomic E-state index is 0.321. The van der Waals surface area contributed by atoms with Crippen LogP contribution in [-0.4, -0.2) is 20.3 Å². The molecule has 1 aromatic carbocycles. The van der Waals surface area contributed by atoms with Crippen molar-refractivity contribution >= 4 is 0 Å². The number of ether oxygens (including phenoxy) is 2. The summed E-state index contributed by atoms with van der Waals surface area (Å²) in [6.07, 6.45) is 6.93. The number of rotatable bonds is 6. The second kappa shape index (κ2) is 7.69. The van der Waals surface area contributed by atoms with Crippen LogP contribution in [0.1, 0.15) is 57.6 Å². The van der Waals surface area contributed by atoms with Crippen LogP contribution in [0.5, 0.6) is 11.5 Å². The normalized spacial score (nSPS) is 19.0. The van der Waals surface area contributed by atoms with Gasteiger partial charge in [-0.3, -0.25) is 0 Å². The third-order valence-corrected chi connectivity index (χ3v) is 4.78. The lowest BCUT2D eigenvalue weighted by atomic mass is 9.84. The molecule has 2 rings (SSSR count). The number of methoxy groups -OCH3 is 2. The van der Waals surface area contributed by atoms with E-state index in [2.05, 4.69) is 31.3 Å². The van der Waals surface area contributed by atoms with Crippen LogP contribution >= 0.6 is 0 Å². The molecule has 0 aromatic heterocycles. The van der Waals surface area contributed by atoms with E-state index in [1.165, 1.54) is 37.7 Å². The lowest BCUT2D eigenvalue weighted by molar-refractivity contribution is 0.268. The Kier molecular flexibility index (Phi) is 5.92. The van der Waals surface area contributed by atoms with Crippen LogP contribution in [0.3, 0.4) is 0 Å². The summed E-state index contributed by atoms with van der Waals surface area (Å²) in [4.78, 5) is 0. The molecule has 118 valence electrons. The van der Waals surface area contributed by atoms with Gasteiger partial charge in [-0.2, -0.15) is 0 Å². The van der Waals surface area contributed by atoms with Gasteiger partial charge in [0.2, 0.25) is 0 Å². The molecule has 1 unspecified atom stereocenters. The number of benzene rings is 1. The fraction of sp³-hybridized carbons (Fsp3) is 0.667. The van der Waals surface area contributed by atoms with Gasteiger partial charge in [0.05, 0.1) is 14.2 Å². The third-order valence-electron chi connectivity index (χ3n) is 4.78. The smallest absolute Gasteiger partial charge is 0.161 e. The first-order valence-corrected chi connectivity index (χ1v) is 8.13. The van der Waals surface area contributed by atoms with Gasteiger partial charge in [-0.05, 0) is 50.3 Å². The predicted molar refractivity (Wildman–Crippen MR) is 87.1 cm³/mol. The van der Waals surface area contributed by atoms with E-state index in [0.29, 0.717) is 12.1 Å². The van der Waals surface area contributed by atoms with Gasteiger partial charge in [0.25, 0.3) is 0 Å². The van der Waals surface area contributed by atoms with Crippen molar-refractivity contribution in [3.63, 3.8) is 0 Å². The van der Waals surface area contributed by atoms with Gasteiger partial charge >= 0.3 is 0 Å². The van der Waals surface area contributed by atoms with Gasteiger partial charge < -0.3 is 14.8 Å². The van der Waals surface area contributed by atoms with Gasteiger partial charge in [-0.25, -0.2) is 0 Å². The van der Waals surface area contributed by atoms with E-state index in [1.807, 2.05) is 6.07 Å². The topological polar surface area (TPSA) is 30.5 Å². The lowest BCUT2D eigenvalue weighted by Crippen LogP contribution is -2.36. The monoisotopic (exact) mass is 291 g/mol. The van der Waals surface area contributed by atoms with Crippen molar-refractivity contribution in [2.75, 3.05) is 14.2 Å². The Bertz CT molecular complexity index is 441. The predicted octanol–water partition coefficient (Wildman–Crippen LogP) is 4.32. The molecule has 0 radical (unpaired) electrons. The molecule has 0 spiro atoms. The summed E-state index contributed by atoms with van der Waals surface area (Å²) in [6.45, 7) is 4.55. The van der Waals surface area contributed by atoms with E-state index in [4.69, 9.17) is 9.47 Å². The Morgan fingerprint density at radius 2 is 1.67 bits per heavy atom. The Labute approximate surface area is 129 Å². The van der Waals surface area contributed by atoms with Gasteiger partial charge in [0.15, 0.2) is 11.5 Å². The third kappa shape index (κ3) is 4.13. The molecule has 0 aliphatic heterocycles. The molecule has 1 saturated carbocycles. The van der Waals surface area contributed by atoms with E-state index < -0.39 is 0 Å². The summed E-state index contributed by atoms with van der Waals surface area (Å²) in [5.41, 5.74) is 1.25. The van der Waals surface area contributed by atoms with Crippen molar-refractivity contribution in [3.05, 3.63) is 23.8 Å². The van der Waals surface area contributed by atoms with E-state index >= 15 is 0 Å². The Morgan fingerprint density at radius 1 is 1.00 bits per heavy atom. The van der Waals surface area contributed by atoms with Crippen molar-refractivity contribution in [1.29, 1.82) is 0 Å². The second-order valence-electron chi connectivity index (χ2n) is 6.19. The SMILES string of the molecule is COc1ccc(C(C)N[C@@H](C)C2CCCCC2)cc1OC. The first-order valence-electron chi connectivity index (χ1n) is 8.13. The fourth-order valence-electron chi connectivity index (χ4n) is 3.38. The van der Waals surface area contributed by atoms with Crippen LogP contribution in [-0.2, 0) is 0 Å². The Morgan fingerprint density at radius 3 is 2.29 bits per heavy atom. The van der Waals surface area contributed by atoms with Crippen molar-refractivity contribution in [2.24, 2.45) is 5.92 Å². The summed E-state index contributed by atoms with van der Waals surface area (Å²) in [6, 6.07) is 7.06. The van der Waals surface area contributed by atoms with E-state index in [-0.39, 0.29) is 0 Å². The summed E-state index contributed by atoms with van der Waals surface area (Å²) >= 11 is 0. The minimum atomic E-state index is 0.321. The molecule has 2 atom stereocenters. The molecule has 0 saturated heterocycles. The lowest BCUT2D eigenvalue weighted by Gasteiger charge is -2.31. The van der Waals surface area contributed by atoms with Crippen molar-refractivity contribution in [1.82, 2.24) is 5.32 Å². The summed E-state index contributed by atoms with van der Waals surface area (Å²) in [7, 11) is 3.36. The molecule has 1 aromatic rings. The zero-order valence-electron chi connectivity index (χ0n) is 13.8. The molecule has 1 N–H and O–H groups in total. The second-order valence-corrected chi connectivity index (χ2v) is 6.19. The highest BCUT2D eigenvalue weighted by Crippen LogP contribution is 2.31. The van der Waals surface area contributed by atoms with Crippen molar-refractivity contribution in [3.8, 4) is 11.5 Å². The van der Waals surface area contributed by atoms with Gasteiger partial charge in [-0.1, -0.05) is 25.3 Å². The number of hydrogen-bond donors (Lipinski definition) is 1. The van der Waals surface area contributed by atoms with E-state index in [0.717, 1.165) is 17.4 Å². The van der Waals surface area contributed by atoms with Crippen molar-refractivity contribution < 1.29 is 9.47 Å². The maximum absolute atomic E-state index is 5.40. The first-order chi connectivity index (χ1) is 10.2. The maximum Gasteiger partial charge on any atom is 0.161 e. The molecular weight excluding hydrogens is 262 g/mol. The first kappa shape index (κ1) is 16.2. The summed E-state index contributed by atoms with van der Waals surface area (Å²) in [5, 5.41) is 3.76. The fourth-order valence-corrected chi connectivity index (χ4v) is 3.38. The van der Waals surface area contributed by atoms with Crippen LogP contribution in [0.2, 0.25) is 0 Å². The Hall–Kier alpha value is -1.22. The zero-order valence-corrected chi connectivity index (χ0v) is 13.8. The Balaban J connectivity index is 2.00. The molecule has 0 bridgehead atoms. The van der Waals surface area contributed by atoms with Crippen LogP contribution in [0.15, 0.2) is 18.2 Å². The van der Waals surface area contributed by atoms with E-state index in [1.54, 1.807) is 14.2 Å². The molecule has 21 heavy (non-hydrogen) atoms. The molecule has 3 heteroatoms. The average molecular weight is 291 g/mol. The molecule has 1 fully saturated rings. The maximum atomic E-state index is 5.40. The largest absolute Gasteiger partial charge is 0.493 e.